The number of aryl methyl sites for hydroxylation is 1. The molecular formula is C24H19N3O2S2. The lowest BCUT2D eigenvalue weighted by Gasteiger charge is -2.19. The fourth-order valence-electron chi connectivity index (χ4n) is 3.60. The molecule has 3 aromatic rings. The summed E-state index contributed by atoms with van der Waals surface area (Å²) in [5, 5.41) is 18.0. The van der Waals surface area contributed by atoms with E-state index in [4.69, 9.17) is 12.2 Å². The summed E-state index contributed by atoms with van der Waals surface area (Å²) in [6, 6.07) is 24.6. The van der Waals surface area contributed by atoms with Crippen LogP contribution in [0.2, 0.25) is 0 Å². The minimum absolute atomic E-state index is 0.0870. The Labute approximate surface area is 190 Å². The molecule has 1 aliphatic heterocycles. The molecule has 5 nitrogen and oxygen atoms in total. The fraction of sp³-hybridized carbons (Fsp3) is 0.0833. The van der Waals surface area contributed by atoms with Crippen LogP contribution in [0.5, 0.6) is 0 Å². The van der Waals surface area contributed by atoms with Gasteiger partial charge in [0, 0.05) is 17.3 Å². The predicted octanol–water partition coefficient (Wildman–Crippen LogP) is 6.57. The predicted molar refractivity (Wildman–Crippen MR) is 133 cm³/mol. The maximum atomic E-state index is 11.8. The van der Waals surface area contributed by atoms with Crippen molar-refractivity contribution in [3.05, 3.63) is 111 Å². The van der Waals surface area contributed by atoms with Crippen molar-refractivity contribution in [2.75, 3.05) is 5.32 Å². The van der Waals surface area contributed by atoms with Crippen molar-refractivity contribution in [2.24, 2.45) is 4.99 Å². The lowest BCUT2D eigenvalue weighted by atomic mass is 9.85. The van der Waals surface area contributed by atoms with Gasteiger partial charge in [-0.05, 0) is 53.4 Å². The smallest absolute Gasteiger partial charge is 0.273 e. The number of thiocarbonyl (C=S) groups is 1. The van der Waals surface area contributed by atoms with Crippen molar-refractivity contribution in [1.82, 2.24) is 0 Å². The van der Waals surface area contributed by atoms with E-state index in [-0.39, 0.29) is 16.5 Å². The Morgan fingerprint density at radius 1 is 1.03 bits per heavy atom. The van der Waals surface area contributed by atoms with Crippen molar-refractivity contribution in [3.63, 3.8) is 0 Å². The van der Waals surface area contributed by atoms with E-state index in [1.54, 1.807) is 12.1 Å². The topological polar surface area (TPSA) is 67.5 Å². The van der Waals surface area contributed by atoms with E-state index in [1.165, 1.54) is 11.8 Å². The molecule has 1 aliphatic rings. The molecule has 1 N–H and O–H groups in total. The Kier molecular flexibility index (Phi) is 6.25. The second kappa shape index (κ2) is 9.24. The number of nitro benzene ring substituents is 1. The molecule has 0 amide bonds. The number of nitro groups is 1. The fourth-order valence-corrected chi connectivity index (χ4v) is 4.92. The van der Waals surface area contributed by atoms with Crippen molar-refractivity contribution in [1.29, 1.82) is 0 Å². The van der Waals surface area contributed by atoms with Crippen LogP contribution in [0.1, 0.15) is 22.6 Å². The first-order valence-electron chi connectivity index (χ1n) is 9.65. The van der Waals surface area contributed by atoms with Gasteiger partial charge in [0.2, 0.25) is 0 Å². The van der Waals surface area contributed by atoms with Crippen LogP contribution in [0.25, 0.3) is 5.57 Å². The molecule has 0 spiro atoms. The zero-order valence-electron chi connectivity index (χ0n) is 16.7. The highest BCUT2D eigenvalue weighted by Gasteiger charge is 2.35. The van der Waals surface area contributed by atoms with Crippen LogP contribution in [0, 0.1) is 17.0 Å². The Balaban J connectivity index is 1.78. The van der Waals surface area contributed by atoms with Gasteiger partial charge in [0.15, 0.2) is 5.11 Å². The number of benzene rings is 3. The van der Waals surface area contributed by atoms with Crippen LogP contribution in [0.4, 0.5) is 11.4 Å². The van der Waals surface area contributed by atoms with E-state index >= 15 is 0 Å². The van der Waals surface area contributed by atoms with Gasteiger partial charge in [-0.1, -0.05) is 72.4 Å². The number of hydrogen-bond donors (Lipinski definition) is 1. The first-order chi connectivity index (χ1) is 15.0. The Morgan fingerprint density at radius 2 is 1.71 bits per heavy atom. The largest absolute Gasteiger partial charge is 0.331 e. The van der Waals surface area contributed by atoms with Crippen molar-refractivity contribution in [3.8, 4) is 0 Å². The third kappa shape index (κ3) is 4.57. The van der Waals surface area contributed by atoms with Gasteiger partial charge in [0.1, 0.15) is 0 Å². The summed E-state index contributed by atoms with van der Waals surface area (Å²) in [7, 11) is 0. The number of thioether (sulfide) groups is 1. The van der Waals surface area contributed by atoms with Gasteiger partial charge in [-0.15, -0.1) is 0 Å². The number of nitrogens with zero attached hydrogens (tertiary/aromatic N) is 2. The van der Waals surface area contributed by atoms with Crippen molar-refractivity contribution in [2.45, 2.75) is 12.8 Å². The average Bonchev–Trinajstić information content (AvgIpc) is 3.17. The molecule has 0 radical (unpaired) electrons. The highest BCUT2D eigenvalue weighted by Crippen LogP contribution is 2.47. The van der Waals surface area contributed by atoms with Gasteiger partial charge in [0.25, 0.3) is 5.69 Å². The normalized spacial score (nSPS) is 16.7. The van der Waals surface area contributed by atoms with Crippen LogP contribution in [-0.4, -0.2) is 15.1 Å². The lowest BCUT2D eigenvalue weighted by Crippen LogP contribution is -2.15. The summed E-state index contributed by atoms with van der Waals surface area (Å²) in [5.41, 5.74) is 4.40. The quantitative estimate of drug-likeness (QED) is 0.279. The summed E-state index contributed by atoms with van der Waals surface area (Å²) in [6.07, 6.45) is 0. The van der Waals surface area contributed by atoms with Crippen molar-refractivity contribution < 1.29 is 4.92 Å². The number of rotatable bonds is 4. The zero-order valence-corrected chi connectivity index (χ0v) is 18.3. The van der Waals surface area contributed by atoms with Crippen LogP contribution < -0.4 is 5.32 Å². The molecule has 7 heteroatoms. The molecule has 0 bridgehead atoms. The minimum atomic E-state index is -0.371. The lowest BCUT2D eigenvalue weighted by molar-refractivity contribution is -0.385. The van der Waals surface area contributed by atoms with Gasteiger partial charge < -0.3 is 5.32 Å². The van der Waals surface area contributed by atoms with Gasteiger partial charge in [-0.2, -0.15) is 0 Å². The summed E-state index contributed by atoms with van der Waals surface area (Å²) in [5.74, 6) is -0.371. The number of allylic oxidation sites excluding steroid dienone is 1. The zero-order chi connectivity index (χ0) is 21.8. The molecule has 0 saturated carbocycles. The Hall–Kier alpha value is -3.29. The van der Waals surface area contributed by atoms with Crippen LogP contribution in [-0.2, 0) is 0 Å². The summed E-state index contributed by atoms with van der Waals surface area (Å²) < 4.78 is 0. The van der Waals surface area contributed by atoms with Gasteiger partial charge in [-0.25, -0.2) is 4.99 Å². The maximum absolute atomic E-state index is 11.8. The van der Waals surface area contributed by atoms with E-state index in [9.17, 15) is 10.1 Å². The van der Waals surface area contributed by atoms with Crippen LogP contribution in [0.3, 0.4) is 0 Å². The molecule has 0 aliphatic carbocycles. The number of hydrogen-bond acceptors (Lipinski definition) is 4. The Bertz CT molecular complexity index is 1190. The van der Waals surface area contributed by atoms with Gasteiger partial charge in [0.05, 0.1) is 15.9 Å². The summed E-state index contributed by atoms with van der Waals surface area (Å²) in [6.45, 7) is 1.89. The van der Waals surface area contributed by atoms with E-state index in [2.05, 4.69) is 10.3 Å². The van der Waals surface area contributed by atoms with E-state index < -0.39 is 0 Å². The number of nitrogens with one attached hydrogen (secondary N) is 1. The third-order valence-electron chi connectivity index (χ3n) is 4.99. The van der Waals surface area contributed by atoms with E-state index in [0.29, 0.717) is 15.7 Å². The first kappa shape index (κ1) is 21.0. The summed E-state index contributed by atoms with van der Waals surface area (Å²) in [4.78, 5) is 16.2. The van der Waals surface area contributed by atoms with E-state index in [0.717, 1.165) is 22.4 Å². The monoisotopic (exact) mass is 445 g/mol. The Morgan fingerprint density at radius 3 is 2.39 bits per heavy atom. The maximum Gasteiger partial charge on any atom is 0.273 e. The summed E-state index contributed by atoms with van der Waals surface area (Å²) >= 11 is 6.93. The highest BCUT2D eigenvalue weighted by atomic mass is 32.2. The van der Waals surface area contributed by atoms with Crippen LogP contribution >= 0.6 is 24.0 Å². The van der Waals surface area contributed by atoms with Crippen LogP contribution in [0.15, 0.2) is 89.3 Å². The number of aliphatic imine (C=N–C) groups is 1. The molecule has 0 aromatic heterocycles. The molecule has 1 unspecified atom stereocenters. The molecule has 4 rings (SSSR count). The second-order valence-electron chi connectivity index (χ2n) is 7.00. The number of anilines is 1. The third-order valence-corrected chi connectivity index (χ3v) is 6.13. The SMILES string of the molecule is Cc1cccc([N+](=O)[O-])c1C1C(c2ccccc2)=CS/C1=N/C(=S)Nc1ccccc1. The molecule has 31 heavy (non-hydrogen) atoms. The second-order valence-corrected chi connectivity index (χ2v) is 8.28. The van der Waals surface area contributed by atoms with Crippen molar-refractivity contribution >= 4 is 51.1 Å². The molecule has 0 saturated heterocycles. The molecule has 1 atom stereocenters. The molecule has 154 valence electrons. The molecule has 1 heterocycles. The molecule has 3 aromatic carbocycles. The minimum Gasteiger partial charge on any atom is -0.331 e. The highest BCUT2D eigenvalue weighted by molar-refractivity contribution is 8.17. The van der Waals surface area contributed by atoms with Gasteiger partial charge >= 0.3 is 0 Å². The average molecular weight is 446 g/mol. The molecular weight excluding hydrogens is 426 g/mol. The first-order valence-corrected chi connectivity index (χ1v) is 10.9. The van der Waals surface area contributed by atoms with E-state index in [1.807, 2.05) is 79.1 Å². The van der Waals surface area contributed by atoms with Gasteiger partial charge in [-0.3, -0.25) is 10.1 Å². The molecule has 0 fully saturated rings. The standard InChI is InChI=1S/C24H19N3O2S2/c1-16-9-8-14-20(27(28)29)21(16)22-19(17-10-4-2-5-11-17)15-31-23(22)26-24(30)25-18-12-6-3-7-13-18/h2-15,22H,1H3,(H,25,30)/b26-23+. The number of para-hydroxylation sites is 1.